The Bertz CT molecular complexity index is 888. The van der Waals surface area contributed by atoms with Gasteiger partial charge in [-0.1, -0.05) is 12.0 Å². The van der Waals surface area contributed by atoms with Crippen LogP contribution in [0.2, 0.25) is 0 Å². The minimum atomic E-state index is -1.00. The standard InChI is InChI=1S/C21H21F2N3O/c1-12-7-13-3-2-4-14(13)8-16(12)15-5-6-19(25-9-15)26-21(27)20-17(22)10-24-11-18(20)23/h5-6,9-11,13-14H,2-4,7-8H2,1H3,(H,25,26,27). The Balaban J connectivity index is 1.51. The van der Waals surface area contributed by atoms with Crippen molar-refractivity contribution in [2.45, 2.75) is 39.0 Å². The molecule has 0 aliphatic heterocycles. The lowest BCUT2D eigenvalue weighted by Gasteiger charge is -2.29. The molecule has 2 aromatic rings. The van der Waals surface area contributed by atoms with Crippen LogP contribution >= 0.6 is 0 Å². The molecule has 2 aliphatic rings. The van der Waals surface area contributed by atoms with E-state index in [1.807, 2.05) is 6.07 Å². The molecule has 0 bridgehead atoms. The van der Waals surface area contributed by atoms with Gasteiger partial charge in [-0.3, -0.25) is 9.78 Å². The van der Waals surface area contributed by atoms with E-state index in [9.17, 15) is 13.6 Å². The Morgan fingerprint density at radius 2 is 1.78 bits per heavy atom. The summed E-state index contributed by atoms with van der Waals surface area (Å²) >= 11 is 0. The number of halogens is 2. The van der Waals surface area contributed by atoms with Crippen LogP contribution in [0.1, 0.15) is 54.9 Å². The van der Waals surface area contributed by atoms with Crippen molar-refractivity contribution in [3.63, 3.8) is 0 Å². The zero-order valence-corrected chi connectivity index (χ0v) is 15.1. The molecule has 1 amide bonds. The second-order valence-corrected chi connectivity index (χ2v) is 7.48. The van der Waals surface area contributed by atoms with E-state index < -0.39 is 23.1 Å². The topological polar surface area (TPSA) is 54.9 Å². The first-order valence-corrected chi connectivity index (χ1v) is 9.28. The van der Waals surface area contributed by atoms with Gasteiger partial charge in [0.25, 0.3) is 5.91 Å². The Labute approximate surface area is 156 Å². The molecule has 6 heteroatoms. The van der Waals surface area contributed by atoms with Crippen molar-refractivity contribution in [2.75, 3.05) is 5.32 Å². The van der Waals surface area contributed by atoms with Crippen LogP contribution in [-0.2, 0) is 0 Å². The average molecular weight is 369 g/mol. The smallest absolute Gasteiger partial charge is 0.262 e. The van der Waals surface area contributed by atoms with Crippen LogP contribution < -0.4 is 5.32 Å². The van der Waals surface area contributed by atoms with Crippen molar-refractivity contribution in [3.05, 3.63) is 59.1 Å². The van der Waals surface area contributed by atoms with Crippen LogP contribution in [-0.4, -0.2) is 15.9 Å². The number of hydrogen-bond donors (Lipinski definition) is 1. The Morgan fingerprint density at radius 3 is 2.44 bits per heavy atom. The number of amides is 1. The van der Waals surface area contributed by atoms with E-state index in [0.29, 0.717) is 0 Å². The third-order valence-electron chi connectivity index (χ3n) is 5.80. The SMILES string of the molecule is CC1=C(c2ccc(NC(=O)c3c(F)cncc3F)nc2)CC2CCCC2C1. The highest BCUT2D eigenvalue weighted by atomic mass is 19.1. The minimum absolute atomic E-state index is 0.257. The fourth-order valence-electron chi connectivity index (χ4n) is 4.42. The number of anilines is 1. The lowest BCUT2D eigenvalue weighted by atomic mass is 9.76. The summed E-state index contributed by atoms with van der Waals surface area (Å²) in [6.45, 7) is 2.19. The molecule has 140 valence electrons. The molecule has 2 heterocycles. The first-order chi connectivity index (χ1) is 13.0. The quantitative estimate of drug-likeness (QED) is 0.829. The summed E-state index contributed by atoms with van der Waals surface area (Å²) in [7, 11) is 0. The van der Waals surface area contributed by atoms with Gasteiger partial charge in [-0.05, 0) is 67.7 Å². The van der Waals surface area contributed by atoms with Crippen molar-refractivity contribution in [1.29, 1.82) is 0 Å². The summed E-state index contributed by atoms with van der Waals surface area (Å²) in [6.07, 6.45) is 9.53. The van der Waals surface area contributed by atoms with Gasteiger partial charge in [0.1, 0.15) is 11.4 Å². The van der Waals surface area contributed by atoms with Gasteiger partial charge < -0.3 is 5.32 Å². The van der Waals surface area contributed by atoms with Crippen LogP contribution in [0.5, 0.6) is 0 Å². The highest BCUT2D eigenvalue weighted by Crippen LogP contribution is 2.46. The zero-order valence-electron chi connectivity index (χ0n) is 15.1. The van der Waals surface area contributed by atoms with Crippen molar-refractivity contribution in [1.82, 2.24) is 9.97 Å². The molecule has 4 nitrogen and oxygen atoms in total. The summed E-state index contributed by atoms with van der Waals surface area (Å²) in [5.74, 6) is -1.04. The Morgan fingerprint density at radius 1 is 1.07 bits per heavy atom. The second kappa shape index (κ2) is 7.18. The van der Waals surface area contributed by atoms with Gasteiger partial charge in [0.05, 0.1) is 12.4 Å². The molecule has 2 unspecified atom stereocenters. The summed E-state index contributed by atoms with van der Waals surface area (Å²) in [6, 6.07) is 3.58. The molecule has 1 saturated carbocycles. The molecule has 2 aliphatic carbocycles. The fourth-order valence-corrected chi connectivity index (χ4v) is 4.42. The van der Waals surface area contributed by atoms with Crippen LogP contribution in [0.3, 0.4) is 0 Å². The number of fused-ring (bicyclic) bond motifs is 1. The van der Waals surface area contributed by atoms with Gasteiger partial charge in [0, 0.05) is 6.20 Å². The number of nitrogens with zero attached hydrogens (tertiary/aromatic N) is 2. The molecule has 0 aromatic carbocycles. The molecule has 2 aromatic heterocycles. The van der Waals surface area contributed by atoms with Crippen molar-refractivity contribution < 1.29 is 13.6 Å². The average Bonchev–Trinajstić information content (AvgIpc) is 3.09. The monoisotopic (exact) mass is 369 g/mol. The number of nitrogens with one attached hydrogen (secondary N) is 1. The molecule has 0 saturated heterocycles. The molecule has 1 N–H and O–H groups in total. The molecule has 1 fully saturated rings. The van der Waals surface area contributed by atoms with Crippen LogP contribution in [0.4, 0.5) is 14.6 Å². The summed E-state index contributed by atoms with van der Waals surface area (Å²) in [5, 5.41) is 2.44. The maximum Gasteiger partial charge on any atom is 0.262 e. The number of carbonyl (C=O) groups is 1. The van der Waals surface area contributed by atoms with Gasteiger partial charge in [-0.25, -0.2) is 13.8 Å². The number of aromatic nitrogens is 2. The number of pyridine rings is 2. The third-order valence-corrected chi connectivity index (χ3v) is 5.80. The highest BCUT2D eigenvalue weighted by Gasteiger charge is 2.32. The molecule has 0 radical (unpaired) electrons. The molecule has 4 rings (SSSR count). The zero-order chi connectivity index (χ0) is 19.0. The van der Waals surface area contributed by atoms with E-state index in [-0.39, 0.29) is 5.82 Å². The molecular weight excluding hydrogens is 348 g/mol. The van der Waals surface area contributed by atoms with Crippen LogP contribution in [0, 0.1) is 23.5 Å². The summed E-state index contributed by atoms with van der Waals surface area (Å²) in [5.41, 5.74) is 3.15. The normalized spacial score (nSPS) is 21.9. The molecular formula is C21H21F2N3O. The van der Waals surface area contributed by atoms with E-state index in [2.05, 4.69) is 22.2 Å². The predicted molar refractivity (Wildman–Crippen MR) is 99.0 cm³/mol. The third kappa shape index (κ3) is 3.48. The maximum atomic E-state index is 13.7. The summed E-state index contributed by atoms with van der Waals surface area (Å²) in [4.78, 5) is 19.8. The highest BCUT2D eigenvalue weighted by molar-refractivity contribution is 6.04. The molecule has 27 heavy (non-hydrogen) atoms. The first-order valence-electron chi connectivity index (χ1n) is 9.28. The van der Waals surface area contributed by atoms with E-state index >= 15 is 0 Å². The second-order valence-electron chi connectivity index (χ2n) is 7.48. The van der Waals surface area contributed by atoms with Gasteiger partial charge in [0.2, 0.25) is 0 Å². The fraction of sp³-hybridized carbons (Fsp3) is 0.381. The van der Waals surface area contributed by atoms with Gasteiger partial charge in [-0.2, -0.15) is 0 Å². The number of carbonyl (C=O) groups excluding carboxylic acids is 1. The predicted octanol–water partition coefficient (Wildman–Crippen LogP) is 4.99. The van der Waals surface area contributed by atoms with E-state index in [1.165, 1.54) is 30.4 Å². The van der Waals surface area contributed by atoms with Gasteiger partial charge >= 0.3 is 0 Å². The number of allylic oxidation sites excluding steroid dienone is 2. The van der Waals surface area contributed by atoms with Crippen molar-refractivity contribution in [2.24, 2.45) is 11.8 Å². The lowest BCUT2D eigenvalue weighted by Crippen LogP contribution is -2.17. The lowest BCUT2D eigenvalue weighted by molar-refractivity contribution is 0.101. The first kappa shape index (κ1) is 17.8. The van der Waals surface area contributed by atoms with E-state index in [0.717, 1.165) is 42.6 Å². The van der Waals surface area contributed by atoms with Crippen molar-refractivity contribution in [3.8, 4) is 0 Å². The van der Waals surface area contributed by atoms with Crippen LogP contribution in [0.15, 0.2) is 36.3 Å². The molecule has 0 spiro atoms. The van der Waals surface area contributed by atoms with Crippen molar-refractivity contribution >= 4 is 17.3 Å². The number of hydrogen-bond acceptors (Lipinski definition) is 3. The van der Waals surface area contributed by atoms with E-state index in [4.69, 9.17) is 0 Å². The molecule has 2 atom stereocenters. The summed E-state index contributed by atoms with van der Waals surface area (Å²) < 4.78 is 27.3. The van der Waals surface area contributed by atoms with E-state index in [1.54, 1.807) is 12.3 Å². The van der Waals surface area contributed by atoms with Gasteiger partial charge in [-0.15, -0.1) is 0 Å². The number of rotatable bonds is 3. The maximum absolute atomic E-state index is 13.7. The van der Waals surface area contributed by atoms with Gasteiger partial charge in [0.15, 0.2) is 11.6 Å². The minimum Gasteiger partial charge on any atom is -0.306 e. The Hall–Kier alpha value is -2.63. The Kier molecular flexibility index (Phi) is 4.72. The van der Waals surface area contributed by atoms with Crippen LogP contribution in [0.25, 0.3) is 5.57 Å². The largest absolute Gasteiger partial charge is 0.306 e.